The molecule has 0 unspecified atom stereocenters. The number of benzene rings is 2. The highest BCUT2D eigenvalue weighted by molar-refractivity contribution is 5.93. The summed E-state index contributed by atoms with van der Waals surface area (Å²) in [4.78, 5) is 25.1. The minimum Gasteiger partial charge on any atom is -0.465 e. The number of nitrogens with one attached hydrogen (secondary N) is 1. The van der Waals surface area contributed by atoms with Crippen LogP contribution in [0.1, 0.15) is 31.8 Å². The van der Waals surface area contributed by atoms with Gasteiger partial charge in [-0.3, -0.25) is 9.69 Å². The summed E-state index contributed by atoms with van der Waals surface area (Å²) in [6, 6.07) is 15.0. The molecule has 0 saturated heterocycles. The first-order valence-corrected chi connectivity index (χ1v) is 7.70. The second-order valence-electron chi connectivity index (χ2n) is 5.64. The number of hydrogen-bond acceptors (Lipinski definition) is 4. The van der Waals surface area contributed by atoms with Crippen LogP contribution >= 0.6 is 0 Å². The quantitative estimate of drug-likeness (QED) is 0.829. The van der Waals surface area contributed by atoms with E-state index in [4.69, 9.17) is 4.74 Å². The smallest absolute Gasteiger partial charge is 0.337 e. The van der Waals surface area contributed by atoms with Crippen LogP contribution in [0.25, 0.3) is 0 Å². The molecule has 0 spiro atoms. The predicted octanol–water partition coefficient (Wildman–Crippen LogP) is 2.46. The van der Waals surface area contributed by atoms with Crippen LogP contribution in [0.15, 0.2) is 48.5 Å². The first-order valence-electron chi connectivity index (χ1n) is 7.70. The van der Waals surface area contributed by atoms with Gasteiger partial charge in [-0.2, -0.15) is 0 Å². The summed E-state index contributed by atoms with van der Waals surface area (Å²) in [6.07, 6.45) is 0. The van der Waals surface area contributed by atoms with Gasteiger partial charge in [0.05, 0.1) is 12.7 Å². The Morgan fingerprint density at radius 1 is 0.917 bits per heavy atom. The average molecular weight is 326 g/mol. The Morgan fingerprint density at radius 2 is 1.38 bits per heavy atom. The Labute approximate surface area is 142 Å². The Bertz CT molecular complexity index is 632. The van der Waals surface area contributed by atoms with Crippen molar-refractivity contribution in [2.45, 2.75) is 13.1 Å². The van der Waals surface area contributed by atoms with Gasteiger partial charge in [-0.05, 0) is 42.4 Å². The van der Waals surface area contributed by atoms with Crippen molar-refractivity contribution in [2.75, 3.05) is 21.2 Å². The summed E-state index contributed by atoms with van der Waals surface area (Å²) in [5.74, 6) is -0.410. The summed E-state index contributed by atoms with van der Waals surface area (Å²) in [5, 5.41) is 2.61. The van der Waals surface area contributed by atoms with Crippen molar-refractivity contribution >= 4 is 11.9 Å². The van der Waals surface area contributed by atoms with Gasteiger partial charge in [0.2, 0.25) is 0 Å². The molecule has 0 aliphatic heterocycles. The second-order valence-corrected chi connectivity index (χ2v) is 5.64. The van der Waals surface area contributed by atoms with E-state index >= 15 is 0 Å². The highest BCUT2D eigenvalue weighted by atomic mass is 16.5. The molecule has 0 aliphatic rings. The van der Waals surface area contributed by atoms with Crippen molar-refractivity contribution in [3.05, 3.63) is 70.8 Å². The zero-order valence-corrected chi connectivity index (χ0v) is 14.2. The predicted molar refractivity (Wildman–Crippen MR) is 92.8 cm³/mol. The standard InChI is InChI=1S/C19H22N2O3/c1-20-18(22)16-8-4-14(5-9-16)12-21(2)13-15-6-10-17(11-7-15)19(23)24-3/h4-11H,12-13H2,1-3H3,(H,20,22). The van der Waals surface area contributed by atoms with E-state index in [0.29, 0.717) is 11.1 Å². The van der Waals surface area contributed by atoms with Gasteiger partial charge in [0, 0.05) is 25.7 Å². The van der Waals surface area contributed by atoms with Gasteiger partial charge in [-0.15, -0.1) is 0 Å². The van der Waals surface area contributed by atoms with Gasteiger partial charge in [0.1, 0.15) is 0 Å². The van der Waals surface area contributed by atoms with Crippen LogP contribution in [0.3, 0.4) is 0 Å². The van der Waals surface area contributed by atoms with Gasteiger partial charge in [0.25, 0.3) is 5.91 Å². The molecule has 2 rings (SSSR count). The molecule has 5 heteroatoms. The zero-order valence-electron chi connectivity index (χ0n) is 14.2. The topological polar surface area (TPSA) is 58.6 Å². The van der Waals surface area contributed by atoms with Gasteiger partial charge in [-0.1, -0.05) is 24.3 Å². The maximum atomic E-state index is 11.5. The number of rotatable bonds is 6. The Morgan fingerprint density at radius 3 is 1.79 bits per heavy atom. The molecule has 1 N–H and O–H groups in total. The van der Waals surface area contributed by atoms with Crippen molar-refractivity contribution in [2.24, 2.45) is 0 Å². The van der Waals surface area contributed by atoms with E-state index in [1.807, 2.05) is 43.4 Å². The minimum absolute atomic E-state index is 0.0828. The fraction of sp³-hybridized carbons (Fsp3) is 0.263. The number of nitrogens with zero attached hydrogens (tertiary/aromatic N) is 1. The normalized spacial score (nSPS) is 10.5. The minimum atomic E-state index is -0.328. The van der Waals surface area contributed by atoms with E-state index in [-0.39, 0.29) is 11.9 Å². The maximum absolute atomic E-state index is 11.5. The van der Waals surface area contributed by atoms with Gasteiger partial charge in [-0.25, -0.2) is 4.79 Å². The lowest BCUT2D eigenvalue weighted by Crippen LogP contribution is -2.19. The molecule has 0 atom stereocenters. The van der Waals surface area contributed by atoms with Crippen LogP contribution in [0.2, 0.25) is 0 Å². The van der Waals surface area contributed by atoms with Crippen molar-refractivity contribution in [1.82, 2.24) is 10.2 Å². The number of ether oxygens (including phenoxy) is 1. The monoisotopic (exact) mass is 326 g/mol. The second kappa shape index (κ2) is 8.26. The van der Waals surface area contributed by atoms with Gasteiger partial charge >= 0.3 is 5.97 Å². The van der Waals surface area contributed by atoms with Crippen LogP contribution < -0.4 is 5.32 Å². The molecule has 1 amide bonds. The molecule has 0 heterocycles. The van der Waals surface area contributed by atoms with Crippen LogP contribution in [0, 0.1) is 0 Å². The Kier molecular flexibility index (Phi) is 6.09. The maximum Gasteiger partial charge on any atom is 0.337 e. The van der Waals surface area contributed by atoms with Crippen molar-refractivity contribution in [3.63, 3.8) is 0 Å². The lowest BCUT2D eigenvalue weighted by Gasteiger charge is -2.17. The Balaban J connectivity index is 1.94. The summed E-state index contributed by atoms with van der Waals surface area (Å²) in [6.45, 7) is 1.53. The summed E-state index contributed by atoms with van der Waals surface area (Å²) >= 11 is 0. The SMILES string of the molecule is CNC(=O)c1ccc(CN(C)Cc2ccc(C(=O)OC)cc2)cc1. The number of amides is 1. The number of esters is 1. The number of methoxy groups -OCH3 is 1. The lowest BCUT2D eigenvalue weighted by molar-refractivity contribution is 0.0600. The van der Waals surface area contributed by atoms with E-state index in [2.05, 4.69) is 10.2 Å². The van der Waals surface area contributed by atoms with E-state index in [0.717, 1.165) is 24.2 Å². The molecule has 0 radical (unpaired) electrons. The van der Waals surface area contributed by atoms with E-state index < -0.39 is 0 Å². The fourth-order valence-corrected chi connectivity index (χ4v) is 2.45. The average Bonchev–Trinajstić information content (AvgIpc) is 2.61. The number of carbonyl (C=O) groups excluding carboxylic acids is 2. The molecule has 24 heavy (non-hydrogen) atoms. The first kappa shape index (κ1) is 17.7. The highest BCUT2D eigenvalue weighted by Gasteiger charge is 2.07. The summed E-state index contributed by atoms with van der Waals surface area (Å²) in [7, 11) is 5.02. The number of hydrogen-bond donors (Lipinski definition) is 1. The van der Waals surface area contributed by atoms with Crippen LogP contribution in [0.4, 0.5) is 0 Å². The van der Waals surface area contributed by atoms with E-state index in [1.54, 1.807) is 19.2 Å². The van der Waals surface area contributed by atoms with Gasteiger partial charge < -0.3 is 10.1 Å². The third-order valence-corrected chi connectivity index (χ3v) is 3.72. The molecule has 0 aromatic heterocycles. The number of carbonyl (C=O) groups is 2. The highest BCUT2D eigenvalue weighted by Crippen LogP contribution is 2.11. The molecule has 2 aromatic rings. The van der Waals surface area contributed by atoms with Crippen LogP contribution in [0.5, 0.6) is 0 Å². The van der Waals surface area contributed by atoms with Crippen LogP contribution in [-0.4, -0.2) is 38.0 Å². The van der Waals surface area contributed by atoms with Crippen molar-refractivity contribution in [1.29, 1.82) is 0 Å². The molecule has 0 aliphatic carbocycles. The van der Waals surface area contributed by atoms with Crippen LogP contribution in [-0.2, 0) is 17.8 Å². The van der Waals surface area contributed by atoms with Gasteiger partial charge in [0.15, 0.2) is 0 Å². The third kappa shape index (κ3) is 4.67. The third-order valence-electron chi connectivity index (χ3n) is 3.72. The molecule has 0 saturated carbocycles. The van der Waals surface area contributed by atoms with E-state index in [1.165, 1.54) is 7.11 Å². The molecule has 0 fully saturated rings. The zero-order chi connectivity index (χ0) is 17.5. The first-order chi connectivity index (χ1) is 11.5. The fourth-order valence-electron chi connectivity index (χ4n) is 2.45. The molecular weight excluding hydrogens is 304 g/mol. The largest absolute Gasteiger partial charge is 0.465 e. The van der Waals surface area contributed by atoms with Crippen molar-refractivity contribution in [3.8, 4) is 0 Å². The molecule has 5 nitrogen and oxygen atoms in total. The Hall–Kier alpha value is -2.66. The molecular formula is C19H22N2O3. The van der Waals surface area contributed by atoms with Crippen molar-refractivity contribution < 1.29 is 14.3 Å². The summed E-state index contributed by atoms with van der Waals surface area (Å²) in [5.41, 5.74) is 3.46. The molecule has 2 aromatic carbocycles. The summed E-state index contributed by atoms with van der Waals surface area (Å²) < 4.78 is 4.69. The van der Waals surface area contributed by atoms with E-state index in [9.17, 15) is 9.59 Å². The molecule has 0 bridgehead atoms. The lowest BCUT2D eigenvalue weighted by atomic mass is 10.1. The molecule has 126 valence electrons.